The van der Waals surface area contributed by atoms with Crippen LogP contribution in [0, 0.1) is 5.41 Å². The Morgan fingerprint density at radius 3 is 2.63 bits per heavy atom. The van der Waals surface area contributed by atoms with E-state index in [1.807, 2.05) is 35.2 Å². The van der Waals surface area contributed by atoms with E-state index in [0.717, 1.165) is 25.1 Å². The van der Waals surface area contributed by atoms with Crippen LogP contribution >= 0.6 is 0 Å². The molecule has 3 nitrogen and oxygen atoms in total. The quantitative estimate of drug-likeness (QED) is 0.907. The first-order chi connectivity index (χ1) is 9.03. The Morgan fingerprint density at radius 2 is 2.05 bits per heavy atom. The molecule has 1 aliphatic heterocycles. The predicted octanol–water partition coefficient (Wildman–Crippen LogP) is 2.38. The standard InChI is InChI=1S/C16H24N2O/c1-16(2)9-6-10-18(12-16)15(19)14(11-17)13-7-4-3-5-8-13/h3-5,7-8,14H,6,9-12,17H2,1-2H3. The van der Waals surface area contributed by atoms with E-state index in [0.29, 0.717) is 6.54 Å². The van der Waals surface area contributed by atoms with Crippen LogP contribution in [0.1, 0.15) is 38.2 Å². The summed E-state index contributed by atoms with van der Waals surface area (Å²) in [7, 11) is 0. The number of piperidine rings is 1. The maximum absolute atomic E-state index is 12.7. The molecule has 1 aromatic carbocycles. The molecular weight excluding hydrogens is 236 g/mol. The molecule has 2 N–H and O–H groups in total. The van der Waals surface area contributed by atoms with Gasteiger partial charge >= 0.3 is 0 Å². The summed E-state index contributed by atoms with van der Waals surface area (Å²) >= 11 is 0. The summed E-state index contributed by atoms with van der Waals surface area (Å²) in [6, 6.07) is 9.87. The average Bonchev–Trinajstić information content (AvgIpc) is 2.39. The van der Waals surface area contributed by atoms with Crippen molar-refractivity contribution in [2.24, 2.45) is 11.1 Å². The van der Waals surface area contributed by atoms with Gasteiger partial charge in [-0.1, -0.05) is 44.2 Å². The fourth-order valence-corrected chi connectivity index (χ4v) is 2.90. The molecule has 1 aliphatic rings. The lowest BCUT2D eigenvalue weighted by atomic mass is 9.83. The SMILES string of the molecule is CC1(C)CCCN(C(=O)C(CN)c2ccccc2)C1. The first-order valence-electron chi connectivity index (χ1n) is 7.07. The normalized spacial score (nSPS) is 20.1. The molecule has 1 fully saturated rings. The Balaban J connectivity index is 2.13. The molecular formula is C16H24N2O. The van der Waals surface area contributed by atoms with Gasteiger partial charge in [-0.25, -0.2) is 0 Å². The molecule has 1 unspecified atom stereocenters. The Hall–Kier alpha value is -1.35. The zero-order chi connectivity index (χ0) is 13.9. The third-order valence-corrected chi connectivity index (χ3v) is 3.95. The molecule has 104 valence electrons. The van der Waals surface area contributed by atoms with Gasteiger partial charge in [-0.2, -0.15) is 0 Å². The zero-order valence-electron chi connectivity index (χ0n) is 11.9. The first kappa shape index (κ1) is 14.1. The number of nitrogens with zero attached hydrogens (tertiary/aromatic N) is 1. The molecule has 2 rings (SSSR count). The third-order valence-electron chi connectivity index (χ3n) is 3.95. The maximum Gasteiger partial charge on any atom is 0.231 e. The van der Waals surface area contributed by atoms with Gasteiger partial charge in [0.05, 0.1) is 5.92 Å². The Kier molecular flexibility index (Phi) is 4.25. The lowest BCUT2D eigenvalue weighted by Crippen LogP contribution is -2.46. The number of rotatable bonds is 3. The highest BCUT2D eigenvalue weighted by atomic mass is 16.2. The van der Waals surface area contributed by atoms with Gasteiger partial charge < -0.3 is 10.6 Å². The molecule has 0 radical (unpaired) electrons. The molecule has 0 aromatic heterocycles. The van der Waals surface area contributed by atoms with Gasteiger partial charge in [-0.3, -0.25) is 4.79 Å². The Morgan fingerprint density at radius 1 is 1.37 bits per heavy atom. The number of benzene rings is 1. The second-order valence-electron chi connectivity index (χ2n) is 6.23. The van der Waals surface area contributed by atoms with Gasteiger partial charge in [0.2, 0.25) is 5.91 Å². The fraction of sp³-hybridized carbons (Fsp3) is 0.562. The number of carbonyl (C=O) groups is 1. The lowest BCUT2D eigenvalue weighted by Gasteiger charge is -2.39. The summed E-state index contributed by atoms with van der Waals surface area (Å²) in [6.07, 6.45) is 2.28. The van der Waals surface area contributed by atoms with Crippen molar-refractivity contribution in [3.05, 3.63) is 35.9 Å². The van der Waals surface area contributed by atoms with Crippen molar-refractivity contribution >= 4 is 5.91 Å². The number of likely N-dealkylation sites (tertiary alicyclic amines) is 1. The summed E-state index contributed by atoms with van der Waals surface area (Å²) < 4.78 is 0. The van der Waals surface area contributed by atoms with Crippen LogP contribution in [0.3, 0.4) is 0 Å². The van der Waals surface area contributed by atoms with Crippen LogP contribution in [0.5, 0.6) is 0 Å². The van der Waals surface area contributed by atoms with Gasteiger partial charge in [0.1, 0.15) is 0 Å². The highest BCUT2D eigenvalue weighted by Crippen LogP contribution is 2.30. The van der Waals surface area contributed by atoms with E-state index in [4.69, 9.17) is 5.73 Å². The van der Waals surface area contributed by atoms with Crippen molar-refractivity contribution in [2.45, 2.75) is 32.6 Å². The van der Waals surface area contributed by atoms with Crippen molar-refractivity contribution in [1.82, 2.24) is 4.90 Å². The summed E-state index contributed by atoms with van der Waals surface area (Å²) in [6.45, 7) is 6.54. The van der Waals surface area contributed by atoms with Crippen LogP contribution in [-0.2, 0) is 4.79 Å². The van der Waals surface area contributed by atoms with E-state index >= 15 is 0 Å². The number of hydrogen-bond donors (Lipinski definition) is 1. The van der Waals surface area contributed by atoms with Crippen molar-refractivity contribution in [1.29, 1.82) is 0 Å². The summed E-state index contributed by atoms with van der Waals surface area (Å²) in [4.78, 5) is 14.7. The van der Waals surface area contributed by atoms with Crippen LogP contribution in [0.2, 0.25) is 0 Å². The summed E-state index contributed by atoms with van der Waals surface area (Å²) in [5.74, 6) is -0.0171. The molecule has 1 aromatic rings. The summed E-state index contributed by atoms with van der Waals surface area (Å²) in [5, 5.41) is 0. The molecule has 19 heavy (non-hydrogen) atoms. The van der Waals surface area contributed by atoms with E-state index in [1.54, 1.807) is 0 Å². The van der Waals surface area contributed by atoms with Crippen molar-refractivity contribution in [3.63, 3.8) is 0 Å². The van der Waals surface area contributed by atoms with Crippen LogP contribution < -0.4 is 5.73 Å². The summed E-state index contributed by atoms with van der Waals surface area (Å²) in [5.41, 5.74) is 7.08. The van der Waals surface area contributed by atoms with Gasteiger partial charge in [0.15, 0.2) is 0 Å². The number of amides is 1. The minimum Gasteiger partial charge on any atom is -0.342 e. The molecule has 1 saturated heterocycles. The monoisotopic (exact) mass is 260 g/mol. The predicted molar refractivity (Wildman–Crippen MR) is 77.8 cm³/mol. The second kappa shape index (κ2) is 5.74. The maximum atomic E-state index is 12.7. The molecule has 0 bridgehead atoms. The molecule has 3 heteroatoms. The fourth-order valence-electron chi connectivity index (χ4n) is 2.90. The number of hydrogen-bond acceptors (Lipinski definition) is 2. The van der Waals surface area contributed by atoms with Gasteiger partial charge in [0.25, 0.3) is 0 Å². The largest absolute Gasteiger partial charge is 0.342 e. The minimum atomic E-state index is -0.199. The van der Waals surface area contributed by atoms with Crippen LogP contribution in [-0.4, -0.2) is 30.4 Å². The minimum absolute atomic E-state index is 0.182. The van der Waals surface area contributed by atoms with Crippen molar-refractivity contribution in [2.75, 3.05) is 19.6 Å². The molecule has 1 amide bonds. The van der Waals surface area contributed by atoms with Crippen molar-refractivity contribution in [3.8, 4) is 0 Å². The molecule has 1 heterocycles. The first-order valence-corrected chi connectivity index (χ1v) is 7.07. The van der Waals surface area contributed by atoms with Crippen LogP contribution in [0.25, 0.3) is 0 Å². The Bertz CT molecular complexity index is 428. The van der Waals surface area contributed by atoms with E-state index in [2.05, 4.69) is 13.8 Å². The second-order valence-corrected chi connectivity index (χ2v) is 6.23. The third kappa shape index (κ3) is 3.35. The molecule has 1 atom stereocenters. The van der Waals surface area contributed by atoms with Gasteiger partial charge in [0, 0.05) is 19.6 Å². The van der Waals surface area contributed by atoms with Crippen LogP contribution in [0.15, 0.2) is 30.3 Å². The van der Waals surface area contributed by atoms with E-state index in [-0.39, 0.29) is 17.2 Å². The zero-order valence-corrected chi connectivity index (χ0v) is 11.9. The lowest BCUT2D eigenvalue weighted by molar-refractivity contribution is -0.135. The topological polar surface area (TPSA) is 46.3 Å². The van der Waals surface area contributed by atoms with E-state index in [9.17, 15) is 4.79 Å². The smallest absolute Gasteiger partial charge is 0.231 e. The van der Waals surface area contributed by atoms with Gasteiger partial charge in [-0.05, 0) is 23.8 Å². The molecule has 0 aliphatic carbocycles. The molecule has 0 spiro atoms. The highest BCUT2D eigenvalue weighted by molar-refractivity contribution is 5.84. The highest BCUT2D eigenvalue weighted by Gasteiger charge is 2.32. The van der Waals surface area contributed by atoms with E-state index < -0.39 is 0 Å². The van der Waals surface area contributed by atoms with E-state index in [1.165, 1.54) is 6.42 Å². The molecule has 0 saturated carbocycles. The van der Waals surface area contributed by atoms with Gasteiger partial charge in [-0.15, -0.1) is 0 Å². The van der Waals surface area contributed by atoms with Crippen LogP contribution in [0.4, 0.5) is 0 Å². The number of nitrogens with two attached hydrogens (primary N) is 1. The average molecular weight is 260 g/mol. The Labute approximate surface area is 115 Å². The number of carbonyl (C=O) groups excluding carboxylic acids is 1. The van der Waals surface area contributed by atoms with Crippen molar-refractivity contribution < 1.29 is 4.79 Å².